The number of aromatic nitrogens is 3. The van der Waals surface area contributed by atoms with E-state index in [1.165, 1.54) is 12.1 Å². The van der Waals surface area contributed by atoms with Crippen molar-refractivity contribution in [1.29, 1.82) is 0 Å². The molecule has 3 rings (SSSR count). The van der Waals surface area contributed by atoms with Gasteiger partial charge in [-0.25, -0.2) is 9.37 Å². The first-order chi connectivity index (χ1) is 13.4. The Morgan fingerprint density at radius 3 is 2.36 bits per heavy atom. The second-order valence-corrected chi connectivity index (χ2v) is 13.4. The molecule has 0 fully saturated rings. The minimum Gasteiger partial charge on any atom is -0.361 e. The second-order valence-electron chi connectivity index (χ2n) is 7.80. The van der Waals surface area contributed by atoms with Crippen molar-refractivity contribution in [3.8, 4) is 22.5 Å². The molecule has 0 aliphatic carbocycles. The number of nitrogens with zero attached hydrogens (tertiary/aromatic N) is 3. The molecule has 3 aromatic rings. The number of hydrogen-bond donors (Lipinski definition) is 0. The average molecular weight is 398 g/mol. The Bertz CT molecular complexity index is 935. The van der Waals surface area contributed by atoms with Crippen LogP contribution in [0.5, 0.6) is 0 Å². The van der Waals surface area contributed by atoms with Gasteiger partial charge in [0.2, 0.25) is 0 Å². The van der Waals surface area contributed by atoms with Crippen LogP contribution in [0.4, 0.5) is 4.39 Å². The number of carbonyl (C=O) groups is 1. The van der Waals surface area contributed by atoms with Crippen LogP contribution in [-0.4, -0.2) is 35.5 Å². The molecule has 0 aliphatic rings. The van der Waals surface area contributed by atoms with Gasteiger partial charge in [0.15, 0.2) is 12.1 Å². The number of halogens is 1. The Hall–Kier alpha value is -2.64. The van der Waals surface area contributed by atoms with Crippen LogP contribution in [0.1, 0.15) is 10.6 Å². The zero-order valence-electron chi connectivity index (χ0n) is 16.4. The Kier molecular flexibility index (Phi) is 6.16. The van der Waals surface area contributed by atoms with Crippen molar-refractivity contribution in [2.75, 3.05) is 6.61 Å². The van der Waals surface area contributed by atoms with Gasteiger partial charge in [-0.3, -0.25) is 14.3 Å². The van der Waals surface area contributed by atoms with E-state index < -0.39 is 8.07 Å². The van der Waals surface area contributed by atoms with Crippen LogP contribution < -0.4 is 0 Å². The summed E-state index contributed by atoms with van der Waals surface area (Å²) < 4.78 is 21.1. The van der Waals surface area contributed by atoms with Gasteiger partial charge in [-0.1, -0.05) is 19.6 Å². The number of hydrogen-bond acceptors (Lipinski definition) is 4. The zero-order valence-corrected chi connectivity index (χ0v) is 17.4. The highest BCUT2D eigenvalue weighted by Crippen LogP contribution is 2.32. The Labute approximate surface area is 165 Å². The van der Waals surface area contributed by atoms with Gasteiger partial charge in [-0.2, -0.15) is 0 Å². The molecule has 5 nitrogen and oxygen atoms in total. The molecule has 0 N–H and O–H groups in total. The van der Waals surface area contributed by atoms with Gasteiger partial charge in [-0.15, -0.1) is 0 Å². The molecule has 0 saturated heterocycles. The summed E-state index contributed by atoms with van der Waals surface area (Å²) >= 11 is 0. The summed E-state index contributed by atoms with van der Waals surface area (Å²) in [7, 11) is -1.22. The minimum atomic E-state index is -1.22. The third-order valence-electron chi connectivity index (χ3n) is 4.39. The standard InChI is InChI=1S/C21H24FN3O2Si/c1-28(2,3)13-12-27-15-25-19(14-26)24-20(16-8-10-23-11-9-16)21(25)17-4-6-18(22)7-5-17/h4-11,14H,12-13,15H2,1-3H3. The van der Waals surface area contributed by atoms with E-state index in [0.29, 0.717) is 12.3 Å². The molecule has 146 valence electrons. The predicted molar refractivity (Wildman–Crippen MR) is 110 cm³/mol. The number of carbonyl (C=O) groups excluding carboxylic acids is 1. The van der Waals surface area contributed by atoms with Gasteiger partial charge in [-0.05, 0) is 42.4 Å². The molecule has 0 bridgehead atoms. The van der Waals surface area contributed by atoms with Crippen molar-refractivity contribution in [3.05, 3.63) is 60.4 Å². The van der Waals surface area contributed by atoms with E-state index in [-0.39, 0.29) is 18.4 Å². The topological polar surface area (TPSA) is 57.0 Å². The predicted octanol–water partition coefficient (Wildman–Crippen LogP) is 4.88. The van der Waals surface area contributed by atoms with Crippen molar-refractivity contribution in [3.63, 3.8) is 0 Å². The van der Waals surface area contributed by atoms with Crippen LogP contribution in [0.25, 0.3) is 22.5 Å². The first-order valence-electron chi connectivity index (χ1n) is 9.19. The molecular formula is C21H24FN3O2Si. The molecule has 0 amide bonds. The maximum atomic E-state index is 13.5. The Morgan fingerprint density at radius 1 is 1.07 bits per heavy atom. The SMILES string of the molecule is C[Si](C)(C)CCOCn1c(C=O)nc(-c2ccncc2)c1-c1ccc(F)cc1. The fourth-order valence-electron chi connectivity index (χ4n) is 2.84. The van der Waals surface area contributed by atoms with Crippen LogP contribution in [0.15, 0.2) is 48.8 Å². The van der Waals surface area contributed by atoms with E-state index >= 15 is 0 Å². The molecule has 7 heteroatoms. The lowest BCUT2D eigenvalue weighted by molar-refractivity contribution is 0.0841. The molecule has 0 unspecified atom stereocenters. The molecule has 1 aromatic carbocycles. The van der Waals surface area contributed by atoms with E-state index in [0.717, 1.165) is 29.2 Å². The summed E-state index contributed by atoms with van der Waals surface area (Å²) in [6.07, 6.45) is 4.07. The number of benzene rings is 1. The monoisotopic (exact) mass is 397 g/mol. The highest BCUT2D eigenvalue weighted by Gasteiger charge is 2.20. The summed E-state index contributed by atoms with van der Waals surface area (Å²) in [5, 5.41) is 0. The first kappa shape index (κ1) is 20.1. The fourth-order valence-corrected chi connectivity index (χ4v) is 3.59. The van der Waals surface area contributed by atoms with E-state index in [2.05, 4.69) is 29.6 Å². The zero-order chi connectivity index (χ0) is 20.1. The van der Waals surface area contributed by atoms with Crippen molar-refractivity contribution >= 4 is 14.4 Å². The summed E-state index contributed by atoms with van der Waals surface area (Å²) in [4.78, 5) is 20.3. The lowest BCUT2D eigenvalue weighted by Gasteiger charge is -2.17. The third kappa shape index (κ3) is 4.79. The van der Waals surface area contributed by atoms with Crippen molar-refractivity contribution in [2.45, 2.75) is 32.4 Å². The molecule has 2 heterocycles. The number of aldehydes is 1. The van der Waals surface area contributed by atoms with Crippen LogP contribution in [0.3, 0.4) is 0 Å². The number of ether oxygens (including phenoxy) is 1. The third-order valence-corrected chi connectivity index (χ3v) is 6.09. The highest BCUT2D eigenvalue weighted by molar-refractivity contribution is 6.76. The minimum absolute atomic E-state index is 0.212. The molecule has 2 aromatic heterocycles. The number of pyridine rings is 1. The maximum absolute atomic E-state index is 13.5. The number of rotatable bonds is 8. The van der Waals surface area contributed by atoms with Gasteiger partial charge in [0, 0.05) is 38.2 Å². The maximum Gasteiger partial charge on any atom is 0.185 e. The smallest absolute Gasteiger partial charge is 0.185 e. The largest absolute Gasteiger partial charge is 0.361 e. The Balaban J connectivity index is 2.02. The quantitative estimate of drug-likeness (QED) is 0.309. The summed E-state index contributed by atoms with van der Waals surface area (Å²) in [5.74, 6) is -0.0404. The van der Waals surface area contributed by atoms with E-state index in [4.69, 9.17) is 4.74 Å². The average Bonchev–Trinajstić information content (AvgIpc) is 3.04. The first-order valence-corrected chi connectivity index (χ1v) is 12.9. The van der Waals surface area contributed by atoms with Gasteiger partial charge in [0.05, 0.1) is 11.4 Å². The van der Waals surface area contributed by atoms with Crippen molar-refractivity contribution < 1.29 is 13.9 Å². The van der Waals surface area contributed by atoms with E-state index in [1.54, 1.807) is 29.1 Å². The van der Waals surface area contributed by atoms with Crippen LogP contribution in [0, 0.1) is 5.82 Å². The lowest BCUT2D eigenvalue weighted by atomic mass is 10.1. The molecule has 0 aliphatic heterocycles. The Morgan fingerprint density at radius 2 is 1.75 bits per heavy atom. The van der Waals surface area contributed by atoms with Crippen molar-refractivity contribution in [1.82, 2.24) is 14.5 Å². The molecule has 0 saturated carbocycles. The van der Waals surface area contributed by atoms with E-state index in [1.807, 2.05) is 12.1 Å². The molecule has 0 spiro atoms. The van der Waals surface area contributed by atoms with E-state index in [9.17, 15) is 9.18 Å². The highest BCUT2D eigenvalue weighted by atomic mass is 28.3. The van der Waals surface area contributed by atoms with Crippen LogP contribution in [-0.2, 0) is 11.5 Å². The van der Waals surface area contributed by atoms with Gasteiger partial charge in [0.1, 0.15) is 12.5 Å². The molecule has 28 heavy (non-hydrogen) atoms. The van der Waals surface area contributed by atoms with Crippen LogP contribution >= 0.6 is 0 Å². The normalized spacial score (nSPS) is 11.6. The summed E-state index contributed by atoms with van der Waals surface area (Å²) in [6, 6.07) is 10.9. The fraction of sp³-hybridized carbons (Fsp3) is 0.286. The van der Waals surface area contributed by atoms with Crippen molar-refractivity contribution in [2.24, 2.45) is 0 Å². The lowest BCUT2D eigenvalue weighted by Crippen LogP contribution is -2.22. The van der Waals surface area contributed by atoms with Gasteiger partial charge >= 0.3 is 0 Å². The second kappa shape index (κ2) is 8.58. The summed E-state index contributed by atoms with van der Waals surface area (Å²) in [6.45, 7) is 7.70. The van der Waals surface area contributed by atoms with Gasteiger partial charge in [0.25, 0.3) is 0 Å². The summed E-state index contributed by atoms with van der Waals surface area (Å²) in [5.41, 5.74) is 2.96. The number of imidazole rings is 1. The molecule has 0 atom stereocenters. The molecule has 0 radical (unpaired) electrons. The van der Waals surface area contributed by atoms with Crippen LogP contribution in [0.2, 0.25) is 25.7 Å². The molecular weight excluding hydrogens is 373 g/mol. The van der Waals surface area contributed by atoms with Gasteiger partial charge < -0.3 is 4.74 Å².